The van der Waals surface area contributed by atoms with Crippen LogP contribution >= 0.6 is 0 Å². The number of benzene rings is 1. The molecule has 94 valence electrons. The second-order valence-electron chi connectivity index (χ2n) is 3.35. The molecule has 0 heterocycles. The summed E-state index contributed by atoms with van der Waals surface area (Å²) in [6.07, 6.45) is 1.76. The molecular formula is C14H20O3. The summed E-state index contributed by atoms with van der Waals surface area (Å²) < 4.78 is 16.7. The fraction of sp³-hybridized carbons (Fsp3) is 0.429. The molecule has 0 amide bonds. The molecule has 0 aromatic heterocycles. The van der Waals surface area contributed by atoms with E-state index in [1.165, 1.54) is 0 Å². The largest absolute Gasteiger partial charge is 0.490 e. The molecule has 1 aromatic carbocycles. The Morgan fingerprint density at radius 2 is 1.41 bits per heavy atom. The first-order valence-corrected chi connectivity index (χ1v) is 5.95. The molecule has 3 heteroatoms. The summed E-state index contributed by atoms with van der Waals surface area (Å²) in [5.74, 6) is 2.08. The molecule has 17 heavy (non-hydrogen) atoms. The lowest BCUT2D eigenvalue weighted by Crippen LogP contribution is -2.02. The van der Waals surface area contributed by atoms with Gasteiger partial charge in [-0.15, -0.1) is 0 Å². The highest BCUT2D eigenvalue weighted by Gasteiger charge is 2.13. The van der Waals surface area contributed by atoms with Crippen molar-refractivity contribution in [3.63, 3.8) is 0 Å². The third-order valence-electron chi connectivity index (χ3n) is 2.17. The fourth-order valence-electron chi connectivity index (χ4n) is 1.53. The third-order valence-corrected chi connectivity index (χ3v) is 2.17. The van der Waals surface area contributed by atoms with Gasteiger partial charge in [-0.2, -0.15) is 0 Å². The molecule has 0 fully saturated rings. The highest BCUT2D eigenvalue weighted by atomic mass is 16.5. The van der Waals surface area contributed by atoms with Crippen LogP contribution in [0.15, 0.2) is 18.7 Å². The van der Waals surface area contributed by atoms with Crippen molar-refractivity contribution in [2.24, 2.45) is 0 Å². The zero-order valence-corrected chi connectivity index (χ0v) is 10.8. The normalized spacial score (nSPS) is 9.82. The second kappa shape index (κ2) is 6.84. The smallest absolute Gasteiger partial charge is 0.203 e. The molecular weight excluding hydrogens is 216 g/mol. The van der Waals surface area contributed by atoms with Gasteiger partial charge in [-0.3, -0.25) is 0 Å². The zero-order valence-electron chi connectivity index (χ0n) is 10.8. The van der Waals surface area contributed by atoms with Crippen LogP contribution in [0.1, 0.15) is 26.3 Å². The first-order valence-electron chi connectivity index (χ1n) is 5.95. The summed E-state index contributed by atoms with van der Waals surface area (Å²) in [6, 6.07) is 3.81. The Morgan fingerprint density at radius 3 is 1.76 bits per heavy atom. The lowest BCUT2D eigenvalue weighted by Gasteiger charge is -2.16. The molecule has 0 atom stereocenters. The lowest BCUT2D eigenvalue weighted by molar-refractivity contribution is 0.260. The number of ether oxygens (including phenoxy) is 3. The van der Waals surface area contributed by atoms with E-state index in [4.69, 9.17) is 14.2 Å². The van der Waals surface area contributed by atoms with E-state index in [9.17, 15) is 0 Å². The van der Waals surface area contributed by atoms with E-state index < -0.39 is 0 Å². The van der Waals surface area contributed by atoms with Crippen LogP contribution < -0.4 is 14.2 Å². The van der Waals surface area contributed by atoms with Gasteiger partial charge in [0.05, 0.1) is 19.8 Å². The summed E-state index contributed by atoms with van der Waals surface area (Å²) in [7, 11) is 0. The van der Waals surface area contributed by atoms with Gasteiger partial charge in [0.2, 0.25) is 5.75 Å². The summed E-state index contributed by atoms with van der Waals surface area (Å²) in [4.78, 5) is 0. The average molecular weight is 236 g/mol. The molecule has 0 aliphatic rings. The van der Waals surface area contributed by atoms with Crippen LogP contribution in [-0.4, -0.2) is 19.8 Å². The predicted octanol–water partition coefficient (Wildman–Crippen LogP) is 3.53. The van der Waals surface area contributed by atoms with Crippen LogP contribution in [0.5, 0.6) is 17.2 Å². The van der Waals surface area contributed by atoms with Gasteiger partial charge in [-0.05, 0) is 38.5 Å². The molecule has 0 radical (unpaired) electrons. The molecule has 0 aliphatic heterocycles. The average Bonchev–Trinajstić information content (AvgIpc) is 2.33. The molecule has 3 nitrogen and oxygen atoms in total. The van der Waals surface area contributed by atoms with Crippen molar-refractivity contribution in [3.05, 3.63) is 24.3 Å². The number of hydrogen-bond acceptors (Lipinski definition) is 3. The molecule has 0 saturated carbocycles. The first kappa shape index (κ1) is 13.4. The van der Waals surface area contributed by atoms with E-state index in [2.05, 4.69) is 6.58 Å². The van der Waals surface area contributed by atoms with Crippen molar-refractivity contribution in [2.75, 3.05) is 19.8 Å². The van der Waals surface area contributed by atoms with E-state index in [1.54, 1.807) is 6.08 Å². The van der Waals surface area contributed by atoms with Crippen molar-refractivity contribution in [2.45, 2.75) is 20.8 Å². The maximum atomic E-state index is 5.59. The predicted molar refractivity (Wildman–Crippen MR) is 70.0 cm³/mol. The Morgan fingerprint density at radius 1 is 0.941 bits per heavy atom. The van der Waals surface area contributed by atoms with Crippen LogP contribution in [0.3, 0.4) is 0 Å². The molecule has 0 unspecified atom stereocenters. The van der Waals surface area contributed by atoms with E-state index in [0.717, 1.165) is 5.56 Å². The summed E-state index contributed by atoms with van der Waals surface area (Å²) in [6.45, 7) is 11.3. The van der Waals surface area contributed by atoms with Crippen LogP contribution in [0.4, 0.5) is 0 Å². The minimum absolute atomic E-state index is 0.577. The van der Waals surface area contributed by atoms with E-state index >= 15 is 0 Å². The summed E-state index contributed by atoms with van der Waals surface area (Å²) >= 11 is 0. The van der Waals surface area contributed by atoms with Gasteiger partial charge in [-0.25, -0.2) is 0 Å². The molecule has 0 aliphatic carbocycles. The minimum Gasteiger partial charge on any atom is -0.490 e. The van der Waals surface area contributed by atoms with Crippen molar-refractivity contribution >= 4 is 6.08 Å². The molecule has 0 saturated heterocycles. The monoisotopic (exact) mass is 236 g/mol. The van der Waals surface area contributed by atoms with Crippen LogP contribution in [0.2, 0.25) is 0 Å². The van der Waals surface area contributed by atoms with Gasteiger partial charge in [0.15, 0.2) is 11.5 Å². The summed E-state index contributed by atoms with van der Waals surface area (Å²) in [5, 5.41) is 0. The summed E-state index contributed by atoms with van der Waals surface area (Å²) in [5.41, 5.74) is 0.959. The molecule has 1 rings (SSSR count). The van der Waals surface area contributed by atoms with Gasteiger partial charge < -0.3 is 14.2 Å². The highest BCUT2D eigenvalue weighted by Crippen LogP contribution is 2.39. The number of rotatable bonds is 7. The second-order valence-corrected chi connectivity index (χ2v) is 3.35. The van der Waals surface area contributed by atoms with Crippen LogP contribution in [0.25, 0.3) is 6.08 Å². The standard InChI is InChI=1S/C14H20O3/c1-5-11-9-12(15-6-2)14(17-8-4)13(10-11)16-7-3/h5,9-10H,1,6-8H2,2-4H3. The van der Waals surface area contributed by atoms with Gasteiger partial charge in [0.1, 0.15) is 0 Å². The quantitative estimate of drug-likeness (QED) is 0.725. The van der Waals surface area contributed by atoms with Gasteiger partial charge >= 0.3 is 0 Å². The Labute approximate surface area is 103 Å². The molecule has 0 bridgehead atoms. The van der Waals surface area contributed by atoms with E-state index in [0.29, 0.717) is 37.1 Å². The van der Waals surface area contributed by atoms with E-state index in [-0.39, 0.29) is 0 Å². The molecule has 0 N–H and O–H groups in total. The van der Waals surface area contributed by atoms with Gasteiger partial charge in [0, 0.05) is 0 Å². The highest BCUT2D eigenvalue weighted by molar-refractivity contribution is 5.61. The van der Waals surface area contributed by atoms with Crippen molar-refractivity contribution in [1.82, 2.24) is 0 Å². The lowest BCUT2D eigenvalue weighted by atomic mass is 10.2. The Hall–Kier alpha value is -1.64. The topological polar surface area (TPSA) is 27.7 Å². The Bertz CT molecular complexity index is 345. The fourth-order valence-corrected chi connectivity index (χ4v) is 1.53. The minimum atomic E-state index is 0.577. The first-order chi connectivity index (χ1) is 8.26. The van der Waals surface area contributed by atoms with Gasteiger partial charge in [-0.1, -0.05) is 12.7 Å². The molecule has 1 aromatic rings. The third kappa shape index (κ3) is 3.41. The Balaban J connectivity index is 3.21. The van der Waals surface area contributed by atoms with E-state index in [1.807, 2.05) is 32.9 Å². The van der Waals surface area contributed by atoms with Gasteiger partial charge in [0.25, 0.3) is 0 Å². The van der Waals surface area contributed by atoms with Crippen molar-refractivity contribution in [1.29, 1.82) is 0 Å². The van der Waals surface area contributed by atoms with Crippen LogP contribution in [0, 0.1) is 0 Å². The van der Waals surface area contributed by atoms with Crippen molar-refractivity contribution < 1.29 is 14.2 Å². The molecule has 0 spiro atoms. The number of hydrogen-bond donors (Lipinski definition) is 0. The maximum Gasteiger partial charge on any atom is 0.203 e. The van der Waals surface area contributed by atoms with Crippen molar-refractivity contribution in [3.8, 4) is 17.2 Å². The SMILES string of the molecule is C=Cc1cc(OCC)c(OCC)c(OCC)c1. The Kier molecular flexibility index (Phi) is 5.40. The maximum absolute atomic E-state index is 5.59. The zero-order chi connectivity index (χ0) is 12.7. The van der Waals surface area contributed by atoms with Crippen LogP contribution in [-0.2, 0) is 0 Å².